The van der Waals surface area contributed by atoms with Gasteiger partial charge in [-0.3, -0.25) is 9.71 Å². The van der Waals surface area contributed by atoms with Crippen LogP contribution in [0.4, 0.5) is 5.82 Å². The Morgan fingerprint density at radius 2 is 1.67 bits per heavy atom. The van der Waals surface area contributed by atoms with Gasteiger partial charge in [0.25, 0.3) is 10.0 Å². The highest BCUT2D eigenvalue weighted by molar-refractivity contribution is 9.11. The second kappa shape index (κ2) is 7.20. The van der Waals surface area contributed by atoms with E-state index < -0.39 is 10.0 Å². The molecule has 3 rings (SSSR count). The molecule has 0 radical (unpaired) electrons. The summed E-state index contributed by atoms with van der Waals surface area (Å²) < 4.78 is 29.5. The zero-order valence-electron chi connectivity index (χ0n) is 11.7. The number of sulfonamides is 1. The van der Waals surface area contributed by atoms with Crippen molar-refractivity contribution in [2.45, 2.75) is 4.90 Å². The molecular weight excluding hydrogens is 546 g/mol. The molecule has 0 saturated heterocycles. The summed E-state index contributed by atoms with van der Waals surface area (Å²) in [7, 11) is -3.79. The summed E-state index contributed by atoms with van der Waals surface area (Å²) in [6.07, 6.45) is 3.33. The highest BCUT2D eigenvalue weighted by Crippen LogP contribution is 2.35. The summed E-state index contributed by atoms with van der Waals surface area (Å²) in [5, 5.41) is 2.37. The van der Waals surface area contributed by atoms with Crippen LogP contribution in [0, 0.1) is 0 Å². The van der Waals surface area contributed by atoms with Gasteiger partial charge in [0.2, 0.25) is 0 Å². The maximum Gasteiger partial charge on any atom is 0.265 e. The van der Waals surface area contributed by atoms with E-state index in [4.69, 9.17) is 0 Å². The van der Waals surface area contributed by atoms with Crippen molar-refractivity contribution in [1.82, 2.24) is 9.97 Å². The maximum atomic E-state index is 12.7. The number of hydrogen-bond donors (Lipinski definition) is 1. The molecule has 10 heteroatoms. The third-order valence-electron chi connectivity index (χ3n) is 2.90. The summed E-state index contributed by atoms with van der Waals surface area (Å²) in [6, 6.07) is 6.98. The van der Waals surface area contributed by atoms with Crippen molar-refractivity contribution in [1.29, 1.82) is 0 Å². The van der Waals surface area contributed by atoms with E-state index in [0.29, 0.717) is 14.0 Å². The van der Waals surface area contributed by atoms with Gasteiger partial charge in [-0.1, -0.05) is 15.9 Å². The smallest absolute Gasteiger partial charge is 0.265 e. The number of nitrogens with zero attached hydrogens (tertiary/aromatic N) is 2. The molecule has 2 aromatic heterocycles. The van der Waals surface area contributed by atoms with Crippen LogP contribution in [0.2, 0.25) is 0 Å². The van der Waals surface area contributed by atoms with E-state index in [9.17, 15) is 8.42 Å². The summed E-state index contributed by atoms with van der Waals surface area (Å²) in [5.74, 6) is 0.272. The van der Waals surface area contributed by atoms with E-state index in [-0.39, 0.29) is 10.7 Å². The van der Waals surface area contributed by atoms with Gasteiger partial charge >= 0.3 is 0 Å². The zero-order chi connectivity index (χ0) is 17.3. The topological polar surface area (TPSA) is 72.0 Å². The molecular formula is C14H8Br3N3O2S2. The third kappa shape index (κ3) is 3.88. The molecule has 1 N–H and O–H groups in total. The van der Waals surface area contributed by atoms with E-state index >= 15 is 0 Å². The maximum absolute atomic E-state index is 12.7. The average Bonchev–Trinajstić information content (AvgIpc) is 2.94. The minimum absolute atomic E-state index is 0.115. The Morgan fingerprint density at radius 1 is 1.04 bits per heavy atom. The normalized spacial score (nSPS) is 11.5. The molecule has 3 aromatic rings. The quantitative estimate of drug-likeness (QED) is 0.476. The minimum atomic E-state index is -3.79. The number of rotatable bonds is 4. The van der Waals surface area contributed by atoms with Gasteiger partial charge in [-0.2, -0.15) is 0 Å². The largest absolute Gasteiger partial charge is 0.265 e. The predicted octanol–water partition coefficient (Wildman–Crippen LogP) is 5.29. The van der Waals surface area contributed by atoms with Crippen molar-refractivity contribution < 1.29 is 8.42 Å². The van der Waals surface area contributed by atoms with Crippen molar-refractivity contribution in [3.8, 4) is 10.6 Å². The van der Waals surface area contributed by atoms with Crippen LogP contribution in [0.1, 0.15) is 0 Å². The van der Waals surface area contributed by atoms with Gasteiger partial charge in [-0.05, 0) is 56.1 Å². The zero-order valence-corrected chi connectivity index (χ0v) is 18.1. The second-order valence-corrected chi connectivity index (χ2v) is 9.68. The van der Waals surface area contributed by atoms with Crippen LogP contribution >= 0.6 is 59.1 Å². The van der Waals surface area contributed by atoms with Crippen LogP contribution in [-0.4, -0.2) is 18.4 Å². The lowest BCUT2D eigenvalue weighted by molar-refractivity contribution is 0.600. The molecule has 0 atom stereocenters. The van der Waals surface area contributed by atoms with Crippen LogP contribution in [0.25, 0.3) is 10.6 Å². The number of benzene rings is 1. The molecule has 0 unspecified atom stereocenters. The summed E-state index contributed by atoms with van der Waals surface area (Å²) >= 11 is 11.2. The van der Waals surface area contributed by atoms with Gasteiger partial charge < -0.3 is 0 Å². The molecule has 0 amide bonds. The van der Waals surface area contributed by atoms with Gasteiger partial charge in [0.05, 0.1) is 0 Å². The second-order valence-electron chi connectivity index (χ2n) is 4.58. The first-order valence-corrected chi connectivity index (χ1v) is 11.1. The van der Waals surface area contributed by atoms with E-state index in [2.05, 4.69) is 62.5 Å². The van der Waals surface area contributed by atoms with E-state index in [1.54, 1.807) is 29.9 Å². The Bertz CT molecular complexity index is 969. The molecule has 0 spiro atoms. The van der Waals surface area contributed by atoms with Gasteiger partial charge in [-0.25, -0.2) is 13.4 Å². The molecule has 2 heterocycles. The predicted molar refractivity (Wildman–Crippen MR) is 106 cm³/mol. The Hall–Kier alpha value is -0.810. The number of anilines is 1. The molecule has 0 bridgehead atoms. The Kier molecular flexibility index (Phi) is 5.40. The number of nitrogens with one attached hydrogen (secondary N) is 1. The van der Waals surface area contributed by atoms with E-state index in [0.717, 1.165) is 10.0 Å². The highest BCUT2D eigenvalue weighted by Gasteiger charge is 2.23. The molecule has 0 saturated carbocycles. The molecule has 1 aromatic carbocycles. The van der Waals surface area contributed by atoms with Crippen molar-refractivity contribution in [2.75, 3.05) is 4.72 Å². The monoisotopic (exact) mass is 551 g/mol. The van der Waals surface area contributed by atoms with Gasteiger partial charge in [0, 0.05) is 36.8 Å². The minimum Gasteiger partial charge on any atom is -0.265 e. The Morgan fingerprint density at radius 3 is 2.29 bits per heavy atom. The first kappa shape index (κ1) is 18.0. The SMILES string of the molecule is O=S(=O)(Nc1csc(-c2ccncc2)n1)c1c(Br)cc(Br)cc1Br. The Balaban J connectivity index is 1.93. The number of pyridine rings is 1. The molecule has 124 valence electrons. The van der Waals surface area contributed by atoms with Crippen LogP contribution in [0.3, 0.4) is 0 Å². The lowest BCUT2D eigenvalue weighted by Gasteiger charge is -2.10. The molecule has 24 heavy (non-hydrogen) atoms. The molecule has 0 aliphatic heterocycles. The molecule has 5 nitrogen and oxygen atoms in total. The van der Waals surface area contributed by atoms with Crippen LogP contribution in [-0.2, 0) is 10.0 Å². The fourth-order valence-corrected chi connectivity index (χ4v) is 7.41. The lowest BCUT2D eigenvalue weighted by Crippen LogP contribution is -2.14. The van der Waals surface area contributed by atoms with E-state index in [1.165, 1.54) is 11.3 Å². The highest BCUT2D eigenvalue weighted by atomic mass is 79.9. The summed E-state index contributed by atoms with van der Waals surface area (Å²) in [6.45, 7) is 0. The van der Waals surface area contributed by atoms with Crippen LogP contribution in [0.15, 0.2) is 60.4 Å². The molecule has 0 aliphatic carbocycles. The van der Waals surface area contributed by atoms with Crippen molar-refractivity contribution in [3.63, 3.8) is 0 Å². The van der Waals surface area contributed by atoms with Gasteiger partial charge in [0.15, 0.2) is 5.82 Å². The lowest BCUT2D eigenvalue weighted by atomic mass is 10.3. The fraction of sp³-hybridized carbons (Fsp3) is 0. The van der Waals surface area contributed by atoms with E-state index in [1.807, 2.05) is 12.1 Å². The first-order valence-electron chi connectivity index (χ1n) is 6.40. The summed E-state index contributed by atoms with van der Waals surface area (Å²) in [5.41, 5.74) is 0.881. The van der Waals surface area contributed by atoms with Gasteiger partial charge in [-0.15, -0.1) is 11.3 Å². The number of halogens is 3. The molecule has 0 fully saturated rings. The number of thiazole rings is 1. The fourth-order valence-electron chi connectivity index (χ4n) is 1.92. The summed E-state index contributed by atoms with van der Waals surface area (Å²) in [4.78, 5) is 8.40. The third-order valence-corrected chi connectivity index (χ3v) is 7.48. The number of hydrogen-bond acceptors (Lipinski definition) is 5. The van der Waals surface area contributed by atoms with Crippen molar-refractivity contribution >= 4 is 75.0 Å². The molecule has 0 aliphatic rings. The standard InChI is InChI=1S/C14H8Br3N3O2S2/c15-9-5-10(16)13(11(17)6-9)24(21,22)20-12-7-23-14(19-12)8-1-3-18-4-2-8/h1-7,20H. The van der Waals surface area contributed by atoms with Crippen LogP contribution < -0.4 is 4.72 Å². The van der Waals surface area contributed by atoms with Crippen molar-refractivity contribution in [3.05, 3.63) is 55.5 Å². The van der Waals surface area contributed by atoms with Gasteiger partial charge in [0.1, 0.15) is 9.90 Å². The number of aromatic nitrogens is 2. The van der Waals surface area contributed by atoms with Crippen molar-refractivity contribution in [2.24, 2.45) is 0 Å². The van der Waals surface area contributed by atoms with Crippen LogP contribution in [0.5, 0.6) is 0 Å². The first-order chi connectivity index (χ1) is 11.4. The average molecular weight is 554 g/mol. The Labute approximate surface area is 168 Å².